The van der Waals surface area contributed by atoms with Crippen molar-refractivity contribution >= 4 is 17.2 Å². The molecule has 0 saturated heterocycles. The Balaban J connectivity index is 1.88. The first-order chi connectivity index (χ1) is 7.69. The van der Waals surface area contributed by atoms with Gasteiger partial charge in [-0.05, 0) is 25.8 Å². The first kappa shape index (κ1) is 11.5. The number of hydrogen-bond donors (Lipinski definition) is 2. The predicted octanol–water partition coefficient (Wildman–Crippen LogP) is 0.588. The number of nitrogens with zero attached hydrogens (tertiary/aromatic N) is 2. The van der Waals surface area contributed by atoms with Crippen LogP contribution in [0.2, 0.25) is 0 Å². The molecule has 1 saturated carbocycles. The van der Waals surface area contributed by atoms with E-state index in [1.807, 2.05) is 5.38 Å². The highest BCUT2D eigenvalue weighted by atomic mass is 32.1. The van der Waals surface area contributed by atoms with E-state index in [2.05, 4.69) is 22.4 Å². The minimum Gasteiger partial charge on any atom is -0.300 e. The topological polar surface area (TPSA) is 71.2 Å². The average molecular weight is 240 g/mol. The molecule has 0 unspecified atom stereocenters. The van der Waals surface area contributed by atoms with Crippen molar-refractivity contribution in [3.63, 3.8) is 0 Å². The summed E-state index contributed by atoms with van der Waals surface area (Å²) in [6.45, 7) is 1.92. The summed E-state index contributed by atoms with van der Waals surface area (Å²) >= 11 is 1.33. The van der Waals surface area contributed by atoms with Crippen molar-refractivity contribution in [1.29, 1.82) is 0 Å². The summed E-state index contributed by atoms with van der Waals surface area (Å²) < 4.78 is 0. The summed E-state index contributed by atoms with van der Waals surface area (Å²) in [5, 5.41) is 2.34. The lowest BCUT2D eigenvalue weighted by Crippen LogP contribution is -2.30. The van der Waals surface area contributed by atoms with Gasteiger partial charge in [0, 0.05) is 18.5 Å². The third-order valence-electron chi connectivity index (χ3n) is 2.58. The molecule has 1 amide bonds. The monoisotopic (exact) mass is 240 g/mol. The molecule has 0 aliphatic heterocycles. The van der Waals surface area contributed by atoms with E-state index in [-0.39, 0.29) is 5.91 Å². The summed E-state index contributed by atoms with van der Waals surface area (Å²) in [4.78, 5) is 17.7. The van der Waals surface area contributed by atoms with Gasteiger partial charge in [0.2, 0.25) is 0 Å². The van der Waals surface area contributed by atoms with E-state index in [4.69, 9.17) is 5.84 Å². The van der Waals surface area contributed by atoms with E-state index < -0.39 is 0 Å². The smallest absolute Gasteiger partial charge is 0.294 e. The molecule has 3 N–H and O–H groups in total. The minimum absolute atomic E-state index is 0.318. The van der Waals surface area contributed by atoms with Gasteiger partial charge in [0.05, 0.1) is 5.69 Å². The zero-order valence-corrected chi connectivity index (χ0v) is 10.1. The van der Waals surface area contributed by atoms with Gasteiger partial charge in [0.15, 0.2) is 5.01 Å². The lowest BCUT2D eigenvalue weighted by Gasteiger charge is -2.13. The number of amides is 1. The van der Waals surface area contributed by atoms with E-state index in [1.165, 1.54) is 24.2 Å². The van der Waals surface area contributed by atoms with Crippen molar-refractivity contribution in [2.24, 2.45) is 11.8 Å². The van der Waals surface area contributed by atoms with Crippen LogP contribution >= 0.6 is 11.3 Å². The fourth-order valence-electron chi connectivity index (χ4n) is 1.63. The lowest BCUT2D eigenvalue weighted by molar-refractivity contribution is 0.0953. The third kappa shape index (κ3) is 3.01. The maximum atomic E-state index is 11.2. The van der Waals surface area contributed by atoms with Crippen LogP contribution in [0.1, 0.15) is 28.3 Å². The first-order valence-corrected chi connectivity index (χ1v) is 6.21. The highest BCUT2D eigenvalue weighted by Gasteiger charge is 2.23. The van der Waals surface area contributed by atoms with Crippen molar-refractivity contribution in [1.82, 2.24) is 15.3 Å². The molecule has 0 atom stereocenters. The van der Waals surface area contributed by atoms with Gasteiger partial charge in [-0.3, -0.25) is 10.2 Å². The van der Waals surface area contributed by atoms with Gasteiger partial charge in [-0.15, -0.1) is 11.3 Å². The van der Waals surface area contributed by atoms with Crippen LogP contribution in [-0.4, -0.2) is 29.4 Å². The molecule has 16 heavy (non-hydrogen) atoms. The fourth-order valence-corrected chi connectivity index (χ4v) is 2.34. The molecule has 1 aliphatic rings. The second-order valence-electron chi connectivity index (χ2n) is 4.26. The average Bonchev–Trinajstić information content (AvgIpc) is 2.94. The lowest BCUT2D eigenvalue weighted by atomic mass is 10.3. The number of nitrogens with one attached hydrogen (secondary N) is 1. The predicted molar refractivity (Wildman–Crippen MR) is 62.8 cm³/mol. The summed E-state index contributed by atoms with van der Waals surface area (Å²) in [7, 11) is 2.08. The van der Waals surface area contributed by atoms with Crippen LogP contribution in [0.3, 0.4) is 0 Å². The van der Waals surface area contributed by atoms with E-state index in [0.717, 1.165) is 24.7 Å². The molecule has 2 rings (SSSR count). The number of hydrazine groups is 1. The van der Waals surface area contributed by atoms with Crippen molar-refractivity contribution < 1.29 is 4.79 Å². The Hall–Kier alpha value is -0.980. The molecule has 6 heteroatoms. The Bertz CT molecular complexity index is 375. The normalized spacial score (nSPS) is 15.4. The fraction of sp³-hybridized carbons (Fsp3) is 0.600. The standard InChI is InChI=1S/C10H16N4OS/c1-14(4-7-2-3-7)5-8-6-16-10(12-8)9(15)13-11/h6-7H,2-5,11H2,1H3,(H,13,15). The summed E-state index contributed by atoms with van der Waals surface area (Å²) in [6, 6.07) is 0. The van der Waals surface area contributed by atoms with Crippen LogP contribution in [0.5, 0.6) is 0 Å². The molecule has 0 radical (unpaired) electrons. The van der Waals surface area contributed by atoms with Gasteiger partial charge >= 0.3 is 0 Å². The van der Waals surface area contributed by atoms with Crippen LogP contribution in [0, 0.1) is 5.92 Å². The van der Waals surface area contributed by atoms with E-state index >= 15 is 0 Å². The molecule has 1 fully saturated rings. The zero-order valence-electron chi connectivity index (χ0n) is 9.27. The van der Waals surface area contributed by atoms with Crippen LogP contribution in [0.15, 0.2) is 5.38 Å². The number of aromatic nitrogens is 1. The summed E-state index contributed by atoms with van der Waals surface area (Å²) in [6.07, 6.45) is 2.70. The number of rotatable bonds is 5. The van der Waals surface area contributed by atoms with Crippen LogP contribution in [-0.2, 0) is 6.54 Å². The van der Waals surface area contributed by atoms with Gasteiger partial charge in [-0.25, -0.2) is 10.8 Å². The molecule has 1 aromatic rings. The second-order valence-corrected chi connectivity index (χ2v) is 5.12. The summed E-state index contributed by atoms with van der Waals surface area (Å²) in [5.74, 6) is 5.60. The van der Waals surface area contributed by atoms with Crippen LogP contribution in [0.25, 0.3) is 0 Å². The number of nitrogens with two attached hydrogens (primary N) is 1. The Kier molecular flexibility index (Phi) is 3.52. The molecular formula is C10H16N4OS. The van der Waals surface area contributed by atoms with Crippen molar-refractivity contribution in [3.8, 4) is 0 Å². The Morgan fingerprint density at radius 2 is 2.50 bits per heavy atom. The number of thiazole rings is 1. The molecule has 88 valence electrons. The van der Waals surface area contributed by atoms with Gasteiger partial charge in [-0.2, -0.15) is 0 Å². The van der Waals surface area contributed by atoms with Crippen molar-refractivity contribution in [3.05, 3.63) is 16.1 Å². The van der Waals surface area contributed by atoms with Crippen molar-refractivity contribution in [2.45, 2.75) is 19.4 Å². The number of carbonyl (C=O) groups excluding carboxylic acids is 1. The van der Waals surface area contributed by atoms with Gasteiger partial charge < -0.3 is 4.90 Å². The van der Waals surface area contributed by atoms with E-state index in [1.54, 1.807) is 0 Å². The van der Waals surface area contributed by atoms with Gasteiger partial charge in [-0.1, -0.05) is 0 Å². The largest absolute Gasteiger partial charge is 0.300 e. The number of hydrogen-bond acceptors (Lipinski definition) is 5. The molecule has 1 heterocycles. The van der Waals surface area contributed by atoms with Gasteiger partial charge in [0.25, 0.3) is 5.91 Å². The Morgan fingerprint density at radius 1 is 1.75 bits per heavy atom. The molecule has 5 nitrogen and oxygen atoms in total. The Morgan fingerprint density at radius 3 is 3.12 bits per heavy atom. The maximum absolute atomic E-state index is 11.2. The zero-order chi connectivity index (χ0) is 11.5. The van der Waals surface area contributed by atoms with Crippen LogP contribution in [0.4, 0.5) is 0 Å². The molecule has 0 spiro atoms. The van der Waals surface area contributed by atoms with Crippen LogP contribution < -0.4 is 11.3 Å². The number of carbonyl (C=O) groups is 1. The minimum atomic E-state index is -0.318. The summed E-state index contributed by atoms with van der Waals surface area (Å²) in [5.41, 5.74) is 3.02. The second kappa shape index (κ2) is 4.90. The highest BCUT2D eigenvalue weighted by molar-refractivity contribution is 7.11. The molecular weight excluding hydrogens is 224 g/mol. The van der Waals surface area contributed by atoms with Crippen molar-refractivity contribution in [2.75, 3.05) is 13.6 Å². The quantitative estimate of drug-likeness (QED) is 0.449. The molecule has 1 aromatic heterocycles. The van der Waals surface area contributed by atoms with Gasteiger partial charge in [0.1, 0.15) is 0 Å². The highest BCUT2D eigenvalue weighted by Crippen LogP contribution is 2.29. The molecule has 0 aromatic carbocycles. The SMILES string of the molecule is CN(Cc1csc(C(=O)NN)n1)CC1CC1. The van der Waals surface area contributed by atoms with E-state index in [9.17, 15) is 4.79 Å². The first-order valence-electron chi connectivity index (χ1n) is 5.33. The molecule has 0 bridgehead atoms. The molecule has 1 aliphatic carbocycles. The third-order valence-corrected chi connectivity index (χ3v) is 3.47. The Labute approximate surface area is 98.6 Å². The maximum Gasteiger partial charge on any atom is 0.294 e. The number of nitrogen functional groups attached to an aromatic ring is 1. The van der Waals surface area contributed by atoms with E-state index in [0.29, 0.717) is 5.01 Å².